The molecule has 10 heteroatoms. The number of carbonyl (C=O) groups is 2. The van der Waals surface area contributed by atoms with Crippen LogP contribution >= 0.6 is 11.5 Å². The Morgan fingerprint density at radius 3 is 2.67 bits per heavy atom. The molecule has 110 valence electrons. The molecule has 1 aromatic heterocycles. The number of benzene rings is 1. The third-order valence-corrected chi connectivity index (χ3v) is 2.86. The van der Waals surface area contributed by atoms with Crippen LogP contribution in [0.15, 0.2) is 30.5 Å². The van der Waals surface area contributed by atoms with Crippen molar-refractivity contribution in [1.29, 1.82) is 0 Å². The molecule has 0 spiro atoms. The highest BCUT2D eigenvalue weighted by atomic mass is 32.1. The van der Waals surface area contributed by atoms with Crippen LogP contribution in [0.3, 0.4) is 0 Å². The Hall–Kier alpha value is -2.62. The molecule has 0 saturated carbocycles. The molecule has 21 heavy (non-hydrogen) atoms. The molecule has 0 aliphatic carbocycles. The molecule has 0 bridgehead atoms. The van der Waals surface area contributed by atoms with Crippen LogP contribution in [0.5, 0.6) is 5.75 Å². The van der Waals surface area contributed by atoms with Gasteiger partial charge in [0.2, 0.25) is 0 Å². The molecule has 0 saturated heterocycles. The Balaban J connectivity index is 1.95. The number of hydrazine groups is 1. The number of halogens is 2. The van der Waals surface area contributed by atoms with Gasteiger partial charge in [-0.1, -0.05) is 10.6 Å². The maximum Gasteiger partial charge on any atom is 0.387 e. The third-order valence-electron chi connectivity index (χ3n) is 2.20. The van der Waals surface area contributed by atoms with Gasteiger partial charge in [0, 0.05) is 5.56 Å². The molecule has 2 amide bonds. The van der Waals surface area contributed by atoms with E-state index >= 15 is 0 Å². The van der Waals surface area contributed by atoms with Crippen molar-refractivity contribution in [1.82, 2.24) is 20.4 Å². The van der Waals surface area contributed by atoms with Crippen molar-refractivity contribution in [3.05, 3.63) is 40.9 Å². The van der Waals surface area contributed by atoms with E-state index in [0.29, 0.717) is 0 Å². The molecular weight excluding hydrogens is 306 g/mol. The predicted octanol–water partition coefficient (Wildman–Crippen LogP) is 1.21. The molecule has 0 atom stereocenters. The smallest absolute Gasteiger partial charge is 0.387 e. The number of carbonyl (C=O) groups excluding carboxylic acids is 2. The highest BCUT2D eigenvalue weighted by Gasteiger charge is 2.12. The fourth-order valence-electron chi connectivity index (χ4n) is 1.33. The minimum absolute atomic E-state index is 0.0517. The van der Waals surface area contributed by atoms with Crippen LogP contribution in [0, 0.1) is 0 Å². The van der Waals surface area contributed by atoms with Crippen LogP contribution in [-0.4, -0.2) is 28.0 Å². The van der Waals surface area contributed by atoms with Gasteiger partial charge in [-0.15, -0.1) is 5.10 Å². The van der Waals surface area contributed by atoms with E-state index in [-0.39, 0.29) is 16.2 Å². The van der Waals surface area contributed by atoms with Crippen LogP contribution in [0.2, 0.25) is 0 Å². The van der Waals surface area contributed by atoms with Crippen LogP contribution in [0.25, 0.3) is 0 Å². The highest BCUT2D eigenvalue weighted by molar-refractivity contribution is 7.07. The van der Waals surface area contributed by atoms with E-state index in [9.17, 15) is 18.4 Å². The van der Waals surface area contributed by atoms with Gasteiger partial charge in [-0.05, 0) is 29.7 Å². The first-order chi connectivity index (χ1) is 10.1. The minimum Gasteiger partial charge on any atom is -0.435 e. The van der Waals surface area contributed by atoms with Gasteiger partial charge in [-0.3, -0.25) is 20.4 Å². The van der Waals surface area contributed by atoms with Gasteiger partial charge >= 0.3 is 6.61 Å². The Kier molecular flexibility index (Phi) is 4.72. The largest absolute Gasteiger partial charge is 0.435 e. The lowest BCUT2D eigenvalue weighted by Crippen LogP contribution is -2.41. The standard InChI is InChI=1S/C11H8F2N4O3S/c12-11(13)20-7-3-1-2-6(4-7)9(18)15-16-10(19)8-5-14-17-21-8/h1-5,11H,(H,15,18)(H,16,19). The third kappa shape index (κ3) is 4.18. The molecule has 7 nitrogen and oxygen atoms in total. The van der Waals surface area contributed by atoms with Crippen molar-refractivity contribution in [3.63, 3.8) is 0 Å². The van der Waals surface area contributed by atoms with Crippen molar-refractivity contribution in [3.8, 4) is 5.75 Å². The van der Waals surface area contributed by atoms with Crippen molar-refractivity contribution >= 4 is 23.3 Å². The Morgan fingerprint density at radius 2 is 2.00 bits per heavy atom. The Morgan fingerprint density at radius 1 is 1.24 bits per heavy atom. The summed E-state index contributed by atoms with van der Waals surface area (Å²) >= 11 is 0.860. The summed E-state index contributed by atoms with van der Waals surface area (Å²) in [4.78, 5) is 23.5. The summed E-state index contributed by atoms with van der Waals surface area (Å²) < 4.78 is 31.8. The Labute approximate surface area is 121 Å². The topological polar surface area (TPSA) is 93.2 Å². The van der Waals surface area contributed by atoms with E-state index < -0.39 is 18.4 Å². The summed E-state index contributed by atoms with van der Waals surface area (Å²) in [6.07, 6.45) is 1.24. The summed E-state index contributed by atoms with van der Waals surface area (Å²) in [6.45, 7) is -2.98. The molecule has 1 aromatic carbocycles. The highest BCUT2D eigenvalue weighted by Crippen LogP contribution is 2.15. The average molecular weight is 314 g/mol. The molecule has 0 aliphatic rings. The van der Waals surface area contributed by atoms with E-state index in [0.717, 1.165) is 17.6 Å². The lowest BCUT2D eigenvalue weighted by Gasteiger charge is -2.08. The molecule has 0 radical (unpaired) electrons. The molecule has 0 aliphatic heterocycles. The van der Waals surface area contributed by atoms with Crippen LogP contribution < -0.4 is 15.6 Å². The summed E-state index contributed by atoms with van der Waals surface area (Å²) in [5.74, 6) is -1.42. The number of hydrogen-bond acceptors (Lipinski definition) is 6. The molecule has 2 N–H and O–H groups in total. The normalized spacial score (nSPS) is 10.2. The number of amides is 2. The predicted molar refractivity (Wildman–Crippen MR) is 67.9 cm³/mol. The first kappa shape index (κ1) is 14.8. The van der Waals surface area contributed by atoms with E-state index in [2.05, 4.69) is 25.2 Å². The number of hydrogen-bond donors (Lipinski definition) is 2. The maximum absolute atomic E-state index is 12.1. The number of aromatic nitrogens is 2. The summed E-state index contributed by atoms with van der Waals surface area (Å²) in [5, 5.41) is 3.48. The number of nitrogens with one attached hydrogen (secondary N) is 2. The molecular formula is C11H8F2N4O3S. The SMILES string of the molecule is O=C(NNC(=O)c1cnns1)c1cccc(OC(F)F)c1. The van der Waals surface area contributed by atoms with Crippen molar-refractivity contribution < 1.29 is 23.1 Å². The Bertz CT molecular complexity index is 636. The number of nitrogens with zero attached hydrogens (tertiary/aromatic N) is 2. The van der Waals surface area contributed by atoms with E-state index in [1.54, 1.807) is 0 Å². The fourth-order valence-corrected chi connectivity index (χ4v) is 1.74. The molecule has 2 rings (SSSR count). The minimum atomic E-state index is -2.98. The summed E-state index contributed by atoms with van der Waals surface area (Å²) in [5.41, 5.74) is 4.34. The second kappa shape index (κ2) is 6.70. The van der Waals surface area contributed by atoms with Crippen LogP contribution in [0.4, 0.5) is 8.78 Å². The maximum atomic E-state index is 12.1. The number of alkyl halides is 2. The van der Waals surface area contributed by atoms with Gasteiger partial charge in [-0.2, -0.15) is 8.78 Å². The van der Waals surface area contributed by atoms with Crippen molar-refractivity contribution in [2.45, 2.75) is 6.61 Å². The van der Waals surface area contributed by atoms with Gasteiger partial charge in [0.15, 0.2) is 0 Å². The monoisotopic (exact) mass is 314 g/mol. The van der Waals surface area contributed by atoms with E-state index in [4.69, 9.17) is 0 Å². The van der Waals surface area contributed by atoms with Gasteiger partial charge in [0.25, 0.3) is 11.8 Å². The van der Waals surface area contributed by atoms with Gasteiger partial charge < -0.3 is 4.74 Å². The fraction of sp³-hybridized carbons (Fsp3) is 0.0909. The van der Waals surface area contributed by atoms with Crippen LogP contribution in [-0.2, 0) is 0 Å². The lowest BCUT2D eigenvalue weighted by molar-refractivity contribution is -0.0498. The van der Waals surface area contributed by atoms with E-state index in [1.165, 1.54) is 24.4 Å². The number of rotatable bonds is 4. The second-order valence-corrected chi connectivity index (χ2v) is 4.38. The summed E-state index contributed by atoms with van der Waals surface area (Å²) in [6, 6.07) is 5.17. The van der Waals surface area contributed by atoms with E-state index in [1.807, 2.05) is 0 Å². The van der Waals surface area contributed by atoms with Crippen molar-refractivity contribution in [2.24, 2.45) is 0 Å². The lowest BCUT2D eigenvalue weighted by atomic mass is 10.2. The molecule has 1 heterocycles. The molecule has 0 fully saturated rings. The van der Waals surface area contributed by atoms with Crippen LogP contribution in [0.1, 0.15) is 20.0 Å². The second-order valence-electron chi connectivity index (χ2n) is 3.60. The van der Waals surface area contributed by atoms with Gasteiger partial charge in [-0.25, -0.2) is 0 Å². The van der Waals surface area contributed by atoms with Crippen molar-refractivity contribution in [2.75, 3.05) is 0 Å². The molecule has 2 aromatic rings. The first-order valence-electron chi connectivity index (χ1n) is 5.49. The average Bonchev–Trinajstić information content (AvgIpc) is 2.98. The zero-order valence-electron chi connectivity index (χ0n) is 10.2. The zero-order chi connectivity index (χ0) is 15.2. The zero-order valence-corrected chi connectivity index (χ0v) is 11.1. The number of ether oxygens (including phenoxy) is 1. The molecule has 0 unspecified atom stereocenters. The summed E-state index contributed by atoms with van der Waals surface area (Å²) in [7, 11) is 0. The quantitative estimate of drug-likeness (QED) is 0.828. The van der Waals surface area contributed by atoms with Gasteiger partial charge in [0.05, 0.1) is 6.20 Å². The first-order valence-corrected chi connectivity index (χ1v) is 6.26. The van der Waals surface area contributed by atoms with Gasteiger partial charge in [0.1, 0.15) is 10.6 Å².